The van der Waals surface area contributed by atoms with E-state index in [0.29, 0.717) is 26.2 Å². The van der Waals surface area contributed by atoms with E-state index in [1.54, 1.807) is 27.1 Å². The van der Waals surface area contributed by atoms with Crippen molar-refractivity contribution < 1.29 is 17.9 Å². The van der Waals surface area contributed by atoms with Crippen molar-refractivity contribution in [1.29, 1.82) is 0 Å². The molecule has 140 valence electrons. The molecule has 0 amide bonds. The first-order valence-corrected chi connectivity index (χ1v) is 11.3. The van der Waals surface area contributed by atoms with Gasteiger partial charge in [0.2, 0.25) is 0 Å². The average Bonchev–Trinajstić information content (AvgIpc) is 3.26. The molecule has 4 rings (SSSR count). The van der Waals surface area contributed by atoms with E-state index in [1.807, 2.05) is 0 Å². The Morgan fingerprint density at radius 3 is 2.92 bits per heavy atom. The fraction of sp³-hybridized carbons (Fsp3) is 0.765. The summed E-state index contributed by atoms with van der Waals surface area (Å²) in [6, 6.07) is 2.16. The second kappa shape index (κ2) is 6.90. The second-order valence-electron chi connectivity index (χ2n) is 7.14. The lowest BCUT2D eigenvalue weighted by Gasteiger charge is -2.44. The predicted molar refractivity (Wildman–Crippen MR) is 97.0 cm³/mol. The molecule has 0 aliphatic carbocycles. The van der Waals surface area contributed by atoms with Gasteiger partial charge in [0.15, 0.2) is 0 Å². The molecular formula is C17H26N2O4S2. The minimum absolute atomic E-state index is 0.0271. The Morgan fingerprint density at radius 1 is 1.36 bits per heavy atom. The summed E-state index contributed by atoms with van der Waals surface area (Å²) in [6.07, 6.45) is 4.24. The molecule has 1 aromatic rings. The summed E-state index contributed by atoms with van der Waals surface area (Å²) in [6.45, 7) is 2.85. The van der Waals surface area contributed by atoms with Crippen molar-refractivity contribution >= 4 is 21.5 Å². The summed E-state index contributed by atoms with van der Waals surface area (Å²) in [5, 5.41) is 2.13. The van der Waals surface area contributed by atoms with Gasteiger partial charge in [-0.1, -0.05) is 0 Å². The van der Waals surface area contributed by atoms with Crippen LogP contribution in [-0.2, 0) is 31.7 Å². The molecule has 4 heterocycles. The fourth-order valence-corrected chi connectivity index (χ4v) is 7.44. The first kappa shape index (κ1) is 17.9. The van der Waals surface area contributed by atoms with Crippen LogP contribution in [0.25, 0.3) is 0 Å². The summed E-state index contributed by atoms with van der Waals surface area (Å²) in [4.78, 5) is 1.31. The Balaban J connectivity index is 1.49. The summed E-state index contributed by atoms with van der Waals surface area (Å²) in [5.74, 6) is 0. The maximum Gasteiger partial charge on any atom is 0.282 e. The van der Waals surface area contributed by atoms with E-state index in [-0.39, 0.29) is 11.6 Å². The lowest BCUT2D eigenvalue weighted by atomic mass is 9.86. The number of methoxy groups -OCH3 is 1. The molecule has 0 radical (unpaired) electrons. The van der Waals surface area contributed by atoms with Crippen LogP contribution in [0.5, 0.6) is 0 Å². The third kappa shape index (κ3) is 3.07. The Hall–Kier alpha value is -0.510. The van der Waals surface area contributed by atoms with Gasteiger partial charge in [0.1, 0.15) is 5.60 Å². The Morgan fingerprint density at radius 2 is 2.16 bits per heavy atom. The molecule has 0 aromatic carbocycles. The summed E-state index contributed by atoms with van der Waals surface area (Å²) >= 11 is 1.75. The monoisotopic (exact) mass is 386 g/mol. The Labute approximate surface area is 153 Å². The van der Waals surface area contributed by atoms with Gasteiger partial charge in [-0.2, -0.15) is 17.0 Å². The normalized spacial score (nSPS) is 27.6. The van der Waals surface area contributed by atoms with Gasteiger partial charge in [0, 0.05) is 37.7 Å². The number of piperidine rings is 1. The first-order valence-electron chi connectivity index (χ1n) is 9.03. The maximum absolute atomic E-state index is 13.1. The van der Waals surface area contributed by atoms with Crippen molar-refractivity contribution in [3.05, 3.63) is 21.9 Å². The Bertz CT molecular complexity index is 710. The number of nitrogens with zero attached hydrogens (tertiary/aromatic N) is 2. The van der Waals surface area contributed by atoms with Crippen molar-refractivity contribution in [3.63, 3.8) is 0 Å². The SMILES string of the molecule is COCC1CCCN1S(=O)(=O)N1CCC2(CC1)OCCc1ccsc12. The van der Waals surface area contributed by atoms with Crippen LogP contribution < -0.4 is 0 Å². The molecule has 8 heteroatoms. The van der Waals surface area contributed by atoms with Crippen LogP contribution in [0, 0.1) is 0 Å². The molecule has 6 nitrogen and oxygen atoms in total. The van der Waals surface area contributed by atoms with Gasteiger partial charge in [0.05, 0.1) is 13.2 Å². The van der Waals surface area contributed by atoms with Crippen molar-refractivity contribution in [2.24, 2.45) is 0 Å². The molecule has 0 bridgehead atoms. The molecule has 0 saturated carbocycles. The first-order chi connectivity index (χ1) is 12.1. The van der Waals surface area contributed by atoms with Crippen LogP contribution in [0.2, 0.25) is 0 Å². The topological polar surface area (TPSA) is 59.1 Å². The van der Waals surface area contributed by atoms with Gasteiger partial charge in [-0.05, 0) is 49.1 Å². The van der Waals surface area contributed by atoms with Gasteiger partial charge < -0.3 is 9.47 Å². The van der Waals surface area contributed by atoms with Crippen molar-refractivity contribution in [1.82, 2.24) is 8.61 Å². The lowest BCUT2D eigenvalue weighted by Crippen LogP contribution is -2.53. The zero-order chi connectivity index (χ0) is 17.5. The largest absolute Gasteiger partial charge is 0.383 e. The molecule has 1 aromatic heterocycles. The van der Waals surface area contributed by atoms with E-state index in [9.17, 15) is 8.42 Å². The van der Waals surface area contributed by atoms with Gasteiger partial charge in [-0.25, -0.2) is 0 Å². The number of hydrogen-bond donors (Lipinski definition) is 0. The van der Waals surface area contributed by atoms with Gasteiger partial charge in [0.25, 0.3) is 10.2 Å². The van der Waals surface area contributed by atoms with Crippen LogP contribution in [0.1, 0.15) is 36.1 Å². The minimum Gasteiger partial charge on any atom is -0.383 e. The van der Waals surface area contributed by atoms with Gasteiger partial charge in [-0.15, -0.1) is 11.3 Å². The second-order valence-corrected chi connectivity index (χ2v) is 9.93. The van der Waals surface area contributed by atoms with E-state index in [0.717, 1.165) is 38.7 Å². The maximum atomic E-state index is 13.1. The van der Waals surface area contributed by atoms with E-state index in [2.05, 4.69) is 11.4 Å². The van der Waals surface area contributed by atoms with E-state index >= 15 is 0 Å². The Kier molecular flexibility index (Phi) is 4.94. The number of rotatable bonds is 4. The van der Waals surface area contributed by atoms with Crippen LogP contribution in [-0.4, -0.2) is 63.0 Å². The third-order valence-corrected chi connectivity index (χ3v) is 8.98. The molecule has 1 unspecified atom stereocenters. The smallest absolute Gasteiger partial charge is 0.282 e. The molecule has 2 saturated heterocycles. The van der Waals surface area contributed by atoms with E-state index in [1.165, 1.54) is 10.4 Å². The number of ether oxygens (including phenoxy) is 2. The van der Waals surface area contributed by atoms with Gasteiger partial charge >= 0.3 is 0 Å². The average molecular weight is 387 g/mol. The zero-order valence-corrected chi connectivity index (χ0v) is 16.3. The fourth-order valence-electron chi connectivity index (χ4n) is 4.42. The van der Waals surface area contributed by atoms with Crippen molar-refractivity contribution in [2.45, 2.75) is 43.7 Å². The zero-order valence-electron chi connectivity index (χ0n) is 14.6. The lowest BCUT2D eigenvalue weighted by molar-refractivity contribution is -0.0866. The van der Waals surface area contributed by atoms with Crippen molar-refractivity contribution in [3.8, 4) is 0 Å². The number of thiophene rings is 1. The summed E-state index contributed by atoms with van der Waals surface area (Å²) < 4.78 is 40.9. The quantitative estimate of drug-likeness (QED) is 0.794. The van der Waals surface area contributed by atoms with Crippen LogP contribution in [0.15, 0.2) is 11.4 Å². The highest BCUT2D eigenvalue weighted by atomic mass is 32.2. The number of hydrogen-bond acceptors (Lipinski definition) is 5. The standard InChI is InChI=1S/C17H26N2O4S2/c1-22-13-15-3-2-8-19(15)25(20,21)18-9-6-17(7-10-18)16-14(4-11-23-17)5-12-24-16/h5,12,15H,2-4,6-11,13H2,1H3. The molecule has 1 atom stereocenters. The minimum atomic E-state index is -3.42. The predicted octanol–water partition coefficient (Wildman–Crippen LogP) is 1.97. The van der Waals surface area contributed by atoms with Crippen molar-refractivity contribution in [2.75, 3.05) is 40.0 Å². The van der Waals surface area contributed by atoms with Crippen LogP contribution in [0.3, 0.4) is 0 Å². The van der Waals surface area contributed by atoms with Crippen LogP contribution >= 0.6 is 11.3 Å². The molecule has 1 spiro atoms. The summed E-state index contributed by atoms with van der Waals surface area (Å²) in [5.41, 5.74) is 1.11. The molecule has 3 aliphatic heterocycles. The van der Waals surface area contributed by atoms with E-state index < -0.39 is 10.2 Å². The van der Waals surface area contributed by atoms with E-state index in [4.69, 9.17) is 9.47 Å². The molecule has 3 aliphatic rings. The molecule has 0 N–H and O–H groups in total. The summed E-state index contributed by atoms with van der Waals surface area (Å²) in [7, 11) is -1.79. The third-order valence-electron chi connectivity index (χ3n) is 5.75. The highest BCUT2D eigenvalue weighted by Gasteiger charge is 2.46. The molecule has 2 fully saturated rings. The van der Waals surface area contributed by atoms with Crippen LogP contribution in [0.4, 0.5) is 0 Å². The highest BCUT2D eigenvalue weighted by Crippen LogP contribution is 2.44. The molecular weight excluding hydrogens is 360 g/mol. The molecule has 25 heavy (non-hydrogen) atoms. The number of fused-ring (bicyclic) bond motifs is 2. The van der Waals surface area contributed by atoms with Gasteiger partial charge in [-0.3, -0.25) is 0 Å². The highest BCUT2D eigenvalue weighted by molar-refractivity contribution is 7.86.